The topological polar surface area (TPSA) is 46.5 Å². The number of carboxylic acids is 1. The minimum absolute atomic E-state index is 0.0394. The molecule has 1 rings (SSSR count). The predicted molar refractivity (Wildman–Crippen MR) is 56.7 cm³/mol. The van der Waals surface area contributed by atoms with Crippen LogP contribution in [0.2, 0.25) is 0 Å². The Kier molecular flexibility index (Phi) is 4.55. The third-order valence-corrected chi connectivity index (χ3v) is 2.62. The van der Waals surface area contributed by atoms with E-state index in [9.17, 15) is 9.18 Å². The second-order valence-corrected chi connectivity index (χ2v) is 3.75. The molecule has 1 aromatic carbocycles. The van der Waals surface area contributed by atoms with Gasteiger partial charge in [-0.2, -0.15) is 0 Å². The minimum atomic E-state index is -0.889. The number of halogens is 2. The number of carboxylic acid groups (broad SMARTS) is 1. The summed E-state index contributed by atoms with van der Waals surface area (Å²) in [6.45, 7) is -0.889. The zero-order valence-electron chi connectivity index (χ0n) is 7.87. The van der Waals surface area contributed by atoms with Gasteiger partial charge in [-0.25, -0.2) is 4.39 Å². The minimum Gasteiger partial charge on any atom is -0.481 e. The molecule has 0 aliphatic rings. The molecule has 0 amide bonds. The van der Waals surface area contributed by atoms with E-state index in [2.05, 4.69) is 20.7 Å². The van der Waals surface area contributed by atoms with Gasteiger partial charge < -0.3 is 9.84 Å². The average molecular weight is 277 g/mol. The number of aliphatic carboxylic acids is 1. The molecule has 0 spiro atoms. The fourth-order valence-electron chi connectivity index (χ4n) is 1.14. The van der Waals surface area contributed by atoms with Crippen LogP contribution in [0.15, 0.2) is 22.7 Å². The molecule has 0 heterocycles. The summed E-state index contributed by atoms with van der Waals surface area (Å²) in [6.07, 6.45) is 0.428. The molecule has 0 fully saturated rings. The Morgan fingerprint density at radius 2 is 2.27 bits per heavy atom. The van der Waals surface area contributed by atoms with Crippen molar-refractivity contribution in [3.63, 3.8) is 0 Å². The lowest BCUT2D eigenvalue weighted by Crippen LogP contribution is -1.99. The van der Waals surface area contributed by atoms with Gasteiger partial charge in [0.15, 0.2) is 0 Å². The number of carbonyl (C=O) groups is 1. The number of aryl methyl sites for hydroxylation is 1. The summed E-state index contributed by atoms with van der Waals surface area (Å²) in [4.78, 5) is 10.4. The molecule has 3 nitrogen and oxygen atoms in total. The van der Waals surface area contributed by atoms with Crippen LogP contribution in [-0.2, 0) is 11.2 Å². The highest BCUT2D eigenvalue weighted by molar-refractivity contribution is 9.10. The summed E-state index contributed by atoms with van der Waals surface area (Å²) >= 11 is 3.29. The molecule has 0 atom stereocenters. The lowest BCUT2D eigenvalue weighted by Gasteiger charge is -2.06. The van der Waals surface area contributed by atoms with Gasteiger partial charge in [0.05, 0.1) is 0 Å². The standard InChI is InChI=1S/C10H10BrFO3/c11-9-3-2-8(15-6-12)5-7(9)1-4-10(13)14/h2-3,5H,1,4,6H2,(H,13,14). The van der Waals surface area contributed by atoms with Crippen LogP contribution in [-0.4, -0.2) is 17.9 Å². The van der Waals surface area contributed by atoms with Crippen LogP contribution in [0.5, 0.6) is 5.75 Å². The summed E-state index contributed by atoms with van der Waals surface area (Å²) in [6, 6.07) is 4.96. The Bertz CT molecular complexity index is 355. The van der Waals surface area contributed by atoms with Crippen molar-refractivity contribution in [2.24, 2.45) is 0 Å². The maximum Gasteiger partial charge on any atom is 0.303 e. The van der Waals surface area contributed by atoms with Crippen LogP contribution in [0.3, 0.4) is 0 Å². The lowest BCUT2D eigenvalue weighted by molar-refractivity contribution is -0.136. The van der Waals surface area contributed by atoms with E-state index in [0.717, 1.165) is 10.0 Å². The fraction of sp³-hybridized carbons (Fsp3) is 0.300. The molecule has 0 bridgehead atoms. The van der Waals surface area contributed by atoms with Gasteiger partial charge in [0, 0.05) is 10.9 Å². The first-order chi connectivity index (χ1) is 7.13. The molecular weight excluding hydrogens is 267 g/mol. The lowest BCUT2D eigenvalue weighted by atomic mass is 10.1. The van der Waals surface area contributed by atoms with Gasteiger partial charge in [0.1, 0.15) is 5.75 Å². The van der Waals surface area contributed by atoms with Crippen LogP contribution < -0.4 is 4.74 Å². The van der Waals surface area contributed by atoms with Gasteiger partial charge in [-0.15, -0.1) is 0 Å². The second kappa shape index (κ2) is 5.70. The van der Waals surface area contributed by atoms with Crippen LogP contribution in [0.1, 0.15) is 12.0 Å². The van der Waals surface area contributed by atoms with Crippen molar-refractivity contribution >= 4 is 21.9 Å². The number of alkyl halides is 1. The van der Waals surface area contributed by atoms with Crippen molar-refractivity contribution in [1.82, 2.24) is 0 Å². The Balaban J connectivity index is 2.75. The molecule has 0 aliphatic heterocycles. The van der Waals surface area contributed by atoms with Crippen molar-refractivity contribution in [2.75, 3.05) is 6.86 Å². The van der Waals surface area contributed by atoms with Crippen LogP contribution in [0.4, 0.5) is 4.39 Å². The maximum absolute atomic E-state index is 11.9. The third kappa shape index (κ3) is 3.87. The Hall–Kier alpha value is -1.10. The van der Waals surface area contributed by atoms with E-state index in [1.165, 1.54) is 0 Å². The van der Waals surface area contributed by atoms with Crippen molar-refractivity contribution < 1.29 is 19.0 Å². The number of hydrogen-bond acceptors (Lipinski definition) is 2. The van der Waals surface area contributed by atoms with Gasteiger partial charge >= 0.3 is 5.97 Å². The second-order valence-electron chi connectivity index (χ2n) is 2.90. The zero-order chi connectivity index (χ0) is 11.3. The van der Waals surface area contributed by atoms with E-state index < -0.39 is 12.8 Å². The van der Waals surface area contributed by atoms with Crippen LogP contribution in [0, 0.1) is 0 Å². The summed E-state index contributed by atoms with van der Waals surface area (Å²) in [5.74, 6) is -0.459. The molecule has 82 valence electrons. The molecule has 0 aromatic heterocycles. The molecule has 15 heavy (non-hydrogen) atoms. The zero-order valence-corrected chi connectivity index (χ0v) is 9.46. The Morgan fingerprint density at radius 1 is 1.53 bits per heavy atom. The fourth-order valence-corrected chi connectivity index (χ4v) is 1.58. The number of hydrogen-bond donors (Lipinski definition) is 1. The van der Waals surface area contributed by atoms with Crippen LogP contribution in [0.25, 0.3) is 0 Å². The quantitative estimate of drug-likeness (QED) is 0.900. The van der Waals surface area contributed by atoms with Gasteiger partial charge in [-0.05, 0) is 30.2 Å². The summed E-state index contributed by atoms with van der Waals surface area (Å²) in [5, 5.41) is 8.53. The van der Waals surface area contributed by atoms with Crippen LogP contribution >= 0.6 is 15.9 Å². The Morgan fingerprint density at radius 3 is 2.87 bits per heavy atom. The summed E-state index contributed by atoms with van der Waals surface area (Å²) < 4.78 is 17.4. The highest BCUT2D eigenvalue weighted by Crippen LogP contribution is 2.23. The molecule has 0 saturated heterocycles. The molecule has 1 N–H and O–H groups in total. The SMILES string of the molecule is O=C(O)CCc1cc(OCF)ccc1Br. The molecule has 5 heteroatoms. The normalized spacial score (nSPS) is 10.0. The van der Waals surface area contributed by atoms with Gasteiger partial charge in [-0.3, -0.25) is 4.79 Å². The van der Waals surface area contributed by atoms with Crippen molar-refractivity contribution in [3.8, 4) is 5.75 Å². The third-order valence-electron chi connectivity index (χ3n) is 1.85. The molecule has 0 unspecified atom stereocenters. The van der Waals surface area contributed by atoms with E-state index in [1.54, 1.807) is 18.2 Å². The first kappa shape index (κ1) is 12.0. The predicted octanol–water partition coefficient (Wildman–Crippen LogP) is 2.77. The van der Waals surface area contributed by atoms with E-state index in [-0.39, 0.29) is 6.42 Å². The monoisotopic (exact) mass is 276 g/mol. The molecule has 0 aliphatic carbocycles. The Labute approximate surface area is 95.0 Å². The smallest absolute Gasteiger partial charge is 0.303 e. The average Bonchev–Trinajstić information content (AvgIpc) is 2.19. The van der Waals surface area contributed by atoms with Crippen molar-refractivity contribution in [1.29, 1.82) is 0 Å². The van der Waals surface area contributed by atoms with E-state index in [1.807, 2.05) is 0 Å². The summed E-state index contributed by atoms with van der Waals surface area (Å²) in [7, 11) is 0. The highest BCUT2D eigenvalue weighted by Gasteiger charge is 2.05. The highest BCUT2D eigenvalue weighted by atomic mass is 79.9. The maximum atomic E-state index is 11.9. The van der Waals surface area contributed by atoms with Gasteiger partial charge in [0.25, 0.3) is 0 Å². The largest absolute Gasteiger partial charge is 0.481 e. The van der Waals surface area contributed by atoms with E-state index in [4.69, 9.17) is 5.11 Å². The number of rotatable bonds is 5. The molecule has 0 saturated carbocycles. The van der Waals surface area contributed by atoms with Crippen molar-refractivity contribution in [2.45, 2.75) is 12.8 Å². The van der Waals surface area contributed by atoms with Crippen molar-refractivity contribution in [3.05, 3.63) is 28.2 Å². The first-order valence-corrected chi connectivity index (χ1v) is 5.11. The molecule has 1 aromatic rings. The molecule has 0 radical (unpaired) electrons. The van der Waals surface area contributed by atoms with Gasteiger partial charge in [0.2, 0.25) is 6.86 Å². The van der Waals surface area contributed by atoms with E-state index >= 15 is 0 Å². The first-order valence-electron chi connectivity index (χ1n) is 4.32. The number of benzene rings is 1. The van der Waals surface area contributed by atoms with Gasteiger partial charge in [-0.1, -0.05) is 15.9 Å². The number of ether oxygens (including phenoxy) is 1. The van der Waals surface area contributed by atoms with E-state index in [0.29, 0.717) is 12.2 Å². The molecular formula is C10H10BrFO3. The summed E-state index contributed by atoms with van der Waals surface area (Å²) in [5.41, 5.74) is 0.795.